The Hall–Kier alpha value is -2.18. The number of sulfonamides is 1. The van der Waals surface area contributed by atoms with E-state index in [-0.39, 0.29) is 10.8 Å². The van der Waals surface area contributed by atoms with Crippen molar-refractivity contribution in [3.63, 3.8) is 0 Å². The van der Waals surface area contributed by atoms with Crippen molar-refractivity contribution < 1.29 is 13.2 Å². The molecule has 2 aromatic rings. The third kappa shape index (κ3) is 5.42. The van der Waals surface area contributed by atoms with Crippen molar-refractivity contribution in [1.82, 2.24) is 4.31 Å². The first-order valence-electron chi connectivity index (χ1n) is 9.91. The molecule has 6 heteroatoms. The van der Waals surface area contributed by atoms with Crippen molar-refractivity contribution in [2.24, 2.45) is 0 Å². The quantitative estimate of drug-likeness (QED) is 0.760. The fourth-order valence-electron chi connectivity index (χ4n) is 3.42. The maximum atomic E-state index is 12.8. The number of rotatable bonds is 7. The van der Waals surface area contributed by atoms with E-state index in [4.69, 9.17) is 0 Å². The molecule has 0 aromatic heterocycles. The second kappa shape index (κ2) is 9.34. The molecule has 0 saturated carbocycles. The summed E-state index contributed by atoms with van der Waals surface area (Å²) in [5, 5.41) is 2.83. The molecule has 0 radical (unpaired) electrons. The summed E-state index contributed by atoms with van der Waals surface area (Å²) in [6.45, 7) is 3.19. The lowest BCUT2D eigenvalue weighted by atomic mass is 10.1. The summed E-state index contributed by atoms with van der Waals surface area (Å²) >= 11 is 0. The molecule has 3 rings (SSSR count). The highest BCUT2D eigenvalue weighted by molar-refractivity contribution is 7.89. The zero-order chi connectivity index (χ0) is 20.0. The highest BCUT2D eigenvalue weighted by Gasteiger charge is 2.26. The summed E-state index contributed by atoms with van der Waals surface area (Å²) in [5.74, 6) is -0.0976. The maximum Gasteiger partial charge on any atom is 0.243 e. The number of hydrogen-bond donors (Lipinski definition) is 1. The van der Waals surface area contributed by atoms with Crippen LogP contribution in [0, 0.1) is 6.92 Å². The second-order valence-corrected chi connectivity index (χ2v) is 9.32. The molecule has 0 spiro atoms. The lowest BCUT2D eigenvalue weighted by Crippen LogP contribution is -2.35. The van der Waals surface area contributed by atoms with Crippen LogP contribution >= 0.6 is 0 Å². The summed E-state index contributed by atoms with van der Waals surface area (Å²) < 4.78 is 27.1. The van der Waals surface area contributed by atoms with E-state index in [1.54, 1.807) is 28.6 Å². The molecule has 1 N–H and O–H groups in total. The number of hydrogen-bond acceptors (Lipinski definition) is 3. The summed E-state index contributed by atoms with van der Waals surface area (Å²) in [6, 6.07) is 14.9. The third-order valence-corrected chi connectivity index (χ3v) is 6.96. The molecular formula is C22H28N2O3S. The fraction of sp³-hybridized carbons (Fsp3) is 0.409. The lowest BCUT2D eigenvalue weighted by Gasteiger charge is -2.26. The highest BCUT2D eigenvalue weighted by Crippen LogP contribution is 2.23. The predicted octanol–water partition coefficient (Wildman–Crippen LogP) is 4.13. The van der Waals surface area contributed by atoms with Gasteiger partial charge >= 0.3 is 0 Å². The third-order valence-electron chi connectivity index (χ3n) is 5.06. The van der Waals surface area contributed by atoms with E-state index in [0.29, 0.717) is 25.2 Å². The molecule has 150 valence electrons. The number of carbonyl (C=O) groups excluding carboxylic acids is 1. The second-order valence-electron chi connectivity index (χ2n) is 7.38. The minimum Gasteiger partial charge on any atom is -0.326 e. The Labute approximate surface area is 167 Å². The van der Waals surface area contributed by atoms with E-state index >= 15 is 0 Å². The van der Waals surface area contributed by atoms with Crippen molar-refractivity contribution in [2.45, 2.75) is 50.3 Å². The van der Waals surface area contributed by atoms with E-state index in [1.807, 2.05) is 0 Å². The molecule has 1 amide bonds. The van der Waals surface area contributed by atoms with Crippen LogP contribution in [0.2, 0.25) is 0 Å². The normalized spacial score (nSPS) is 15.3. The van der Waals surface area contributed by atoms with Crippen LogP contribution in [-0.2, 0) is 21.2 Å². The van der Waals surface area contributed by atoms with Crippen molar-refractivity contribution >= 4 is 21.6 Å². The van der Waals surface area contributed by atoms with Crippen molar-refractivity contribution in [1.29, 1.82) is 0 Å². The topological polar surface area (TPSA) is 66.5 Å². The minimum atomic E-state index is -3.49. The SMILES string of the molecule is Cc1ccc(CCCC(=O)Nc2cccc(S(=O)(=O)N3CCCCC3)c2)cc1. The van der Waals surface area contributed by atoms with Crippen LogP contribution in [0.4, 0.5) is 5.69 Å². The smallest absolute Gasteiger partial charge is 0.243 e. The first-order valence-corrected chi connectivity index (χ1v) is 11.3. The molecular weight excluding hydrogens is 372 g/mol. The summed E-state index contributed by atoms with van der Waals surface area (Å²) in [7, 11) is -3.49. The molecule has 0 atom stereocenters. The number of benzene rings is 2. The predicted molar refractivity (Wildman–Crippen MR) is 112 cm³/mol. The monoisotopic (exact) mass is 400 g/mol. The summed E-state index contributed by atoms with van der Waals surface area (Å²) in [4.78, 5) is 12.5. The molecule has 2 aromatic carbocycles. The first-order chi connectivity index (χ1) is 13.4. The number of anilines is 1. The van der Waals surface area contributed by atoms with Crippen LogP contribution in [0.1, 0.15) is 43.2 Å². The van der Waals surface area contributed by atoms with Gasteiger partial charge in [-0.05, 0) is 56.4 Å². The van der Waals surface area contributed by atoms with Gasteiger partial charge in [0.1, 0.15) is 0 Å². The Morgan fingerprint density at radius 3 is 2.46 bits per heavy atom. The van der Waals surface area contributed by atoms with Crippen molar-refractivity contribution in [2.75, 3.05) is 18.4 Å². The molecule has 1 fully saturated rings. The van der Waals surface area contributed by atoms with Gasteiger partial charge in [-0.1, -0.05) is 42.3 Å². The van der Waals surface area contributed by atoms with Gasteiger partial charge in [0.25, 0.3) is 0 Å². The summed E-state index contributed by atoms with van der Waals surface area (Å²) in [5.41, 5.74) is 2.97. The first kappa shape index (κ1) is 20.6. The van der Waals surface area contributed by atoms with Gasteiger partial charge in [0.15, 0.2) is 0 Å². The molecule has 1 aliphatic rings. The Balaban J connectivity index is 1.56. The minimum absolute atomic E-state index is 0.0976. The zero-order valence-corrected chi connectivity index (χ0v) is 17.2. The average molecular weight is 401 g/mol. The van der Waals surface area contributed by atoms with Gasteiger partial charge in [-0.25, -0.2) is 8.42 Å². The molecule has 0 aliphatic carbocycles. The van der Waals surface area contributed by atoms with Crippen LogP contribution in [-0.4, -0.2) is 31.7 Å². The van der Waals surface area contributed by atoms with Gasteiger partial charge in [-0.2, -0.15) is 4.31 Å². The van der Waals surface area contributed by atoms with Gasteiger partial charge in [0.2, 0.25) is 15.9 Å². The molecule has 1 heterocycles. The van der Waals surface area contributed by atoms with Crippen molar-refractivity contribution in [3.05, 3.63) is 59.7 Å². The Kier molecular flexibility index (Phi) is 6.86. The molecule has 1 saturated heterocycles. The van der Waals surface area contributed by atoms with Crippen LogP contribution in [0.15, 0.2) is 53.4 Å². The van der Waals surface area contributed by atoms with Gasteiger partial charge in [0, 0.05) is 25.2 Å². The largest absolute Gasteiger partial charge is 0.326 e. The highest BCUT2D eigenvalue weighted by atomic mass is 32.2. The van der Waals surface area contributed by atoms with Gasteiger partial charge in [-0.15, -0.1) is 0 Å². The Morgan fingerprint density at radius 1 is 1.04 bits per heavy atom. The lowest BCUT2D eigenvalue weighted by molar-refractivity contribution is -0.116. The van der Waals surface area contributed by atoms with Crippen LogP contribution in [0.25, 0.3) is 0 Å². The number of nitrogens with zero attached hydrogens (tertiary/aromatic N) is 1. The van der Waals surface area contributed by atoms with Crippen molar-refractivity contribution in [3.8, 4) is 0 Å². The molecule has 0 unspecified atom stereocenters. The number of piperidine rings is 1. The van der Waals surface area contributed by atoms with E-state index in [1.165, 1.54) is 11.1 Å². The number of carbonyl (C=O) groups is 1. The number of aryl methyl sites for hydroxylation is 2. The van der Waals surface area contributed by atoms with Gasteiger partial charge < -0.3 is 5.32 Å². The average Bonchev–Trinajstić information content (AvgIpc) is 2.70. The number of nitrogens with one attached hydrogen (secondary N) is 1. The molecule has 0 bridgehead atoms. The maximum absolute atomic E-state index is 12.8. The summed E-state index contributed by atoms with van der Waals surface area (Å²) in [6.07, 6.45) is 4.87. The van der Waals surface area contributed by atoms with Crippen LogP contribution in [0.3, 0.4) is 0 Å². The molecule has 1 aliphatic heterocycles. The van der Waals surface area contributed by atoms with Crippen LogP contribution < -0.4 is 5.32 Å². The van der Waals surface area contributed by atoms with E-state index in [9.17, 15) is 13.2 Å². The Morgan fingerprint density at radius 2 is 1.75 bits per heavy atom. The van der Waals surface area contributed by atoms with Gasteiger partial charge in [0.05, 0.1) is 4.90 Å². The van der Waals surface area contributed by atoms with Gasteiger partial charge in [-0.3, -0.25) is 4.79 Å². The van der Waals surface area contributed by atoms with E-state index in [2.05, 4.69) is 36.5 Å². The van der Waals surface area contributed by atoms with E-state index in [0.717, 1.165) is 32.1 Å². The van der Waals surface area contributed by atoms with E-state index < -0.39 is 10.0 Å². The molecule has 5 nitrogen and oxygen atoms in total. The zero-order valence-electron chi connectivity index (χ0n) is 16.4. The van der Waals surface area contributed by atoms with Crippen LogP contribution in [0.5, 0.6) is 0 Å². The fourth-order valence-corrected chi connectivity index (χ4v) is 4.98. The Bertz CT molecular complexity index is 902. The molecule has 28 heavy (non-hydrogen) atoms. The number of amides is 1. The standard InChI is InChI=1S/C22H28N2O3S/c1-18-11-13-19(14-12-18)7-5-10-22(25)23-20-8-6-9-21(17-20)28(26,27)24-15-3-2-4-16-24/h6,8-9,11-14,17H,2-5,7,10,15-16H2,1H3,(H,23,25).